The highest BCUT2D eigenvalue weighted by Crippen LogP contribution is 1.99. The fraction of sp³-hybridized carbons (Fsp3) is 1.00. The van der Waals surface area contributed by atoms with Crippen molar-refractivity contribution in [2.75, 3.05) is 0 Å². The molecule has 0 saturated heterocycles. The summed E-state index contributed by atoms with van der Waals surface area (Å²) in [6.45, 7) is 7.16. The minimum absolute atomic E-state index is 0.206. The van der Waals surface area contributed by atoms with Crippen molar-refractivity contribution in [3.63, 3.8) is 0 Å². The van der Waals surface area contributed by atoms with E-state index in [-0.39, 0.29) is 8.80 Å². The third-order valence-corrected chi connectivity index (χ3v) is 4.84. The third kappa shape index (κ3) is 8.43. The maximum absolute atomic E-state index is 2.44. The Kier molecular flexibility index (Phi) is 6.87. The normalized spacial score (nSPS) is 10.7. The highest BCUT2D eigenvalue weighted by Gasteiger charge is 1.94. The highest BCUT2D eigenvalue weighted by atomic mass is 28.3. The minimum atomic E-state index is -0.206. The van der Waals surface area contributed by atoms with Crippen LogP contribution in [0, 0.1) is 0 Å². The van der Waals surface area contributed by atoms with E-state index in [1.54, 1.807) is 6.04 Å². The van der Waals surface area contributed by atoms with Gasteiger partial charge in [-0.2, -0.15) is 0 Å². The number of rotatable bonds is 5. The molecule has 0 aliphatic carbocycles. The van der Waals surface area contributed by atoms with Gasteiger partial charge in [0.25, 0.3) is 0 Å². The predicted octanol–water partition coefficient (Wildman–Crippen LogP) is 2.42. The van der Waals surface area contributed by atoms with Gasteiger partial charge < -0.3 is 0 Å². The molecule has 0 unspecified atom stereocenters. The Morgan fingerprint density at radius 2 is 1.89 bits per heavy atom. The molecule has 0 aromatic rings. The van der Waals surface area contributed by atoms with Crippen molar-refractivity contribution in [2.45, 2.75) is 44.6 Å². The Balaban J connectivity index is 2.75. The van der Waals surface area contributed by atoms with E-state index in [1.807, 2.05) is 0 Å². The minimum Gasteiger partial charge on any atom is -0.0722 e. The maximum Gasteiger partial charge on any atom is 0.0374 e. The monoisotopic (exact) mass is 158 g/mol. The van der Waals surface area contributed by atoms with E-state index in [4.69, 9.17) is 0 Å². The van der Waals surface area contributed by atoms with E-state index in [1.165, 1.54) is 28.0 Å². The molecule has 0 heterocycles. The van der Waals surface area contributed by atoms with Crippen LogP contribution in [0.4, 0.5) is 0 Å². The molecule has 0 aromatic heterocycles. The molecule has 9 heavy (non-hydrogen) atoms. The van der Waals surface area contributed by atoms with Crippen LogP contribution >= 0.6 is 0 Å². The van der Waals surface area contributed by atoms with E-state index >= 15 is 0 Å². The smallest absolute Gasteiger partial charge is 0.0374 e. The van der Waals surface area contributed by atoms with Gasteiger partial charge in [-0.1, -0.05) is 44.6 Å². The molecular weight excluding hydrogens is 140 g/mol. The lowest BCUT2D eigenvalue weighted by atomic mass is 10.6. The second-order valence-corrected chi connectivity index (χ2v) is 7.80. The van der Waals surface area contributed by atoms with Crippen LogP contribution in [0.25, 0.3) is 0 Å². The number of hydrogen-bond donors (Lipinski definition) is 0. The summed E-state index contributed by atoms with van der Waals surface area (Å²) >= 11 is 0. The summed E-state index contributed by atoms with van der Waals surface area (Å²) in [6.07, 6.45) is 1.39. The van der Waals surface area contributed by atoms with Crippen LogP contribution in [0.1, 0.15) is 13.3 Å². The molecule has 0 saturated carbocycles. The van der Waals surface area contributed by atoms with Crippen LogP contribution in [-0.2, 0) is 0 Å². The summed E-state index contributed by atoms with van der Waals surface area (Å²) in [5.41, 5.74) is 0. The van der Waals surface area contributed by atoms with E-state index in [0.29, 0.717) is 0 Å². The third-order valence-electron chi connectivity index (χ3n) is 1.33. The second kappa shape index (κ2) is 6.55. The molecule has 0 spiro atoms. The molecule has 0 amide bonds. The van der Waals surface area contributed by atoms with Crippen LogP contribution in [0.15, 0.2) is 0 Å². The molecule has 0 fully saturated rings. The highest BCUT2D eigenvalue weighted by molar-refractivity contribution is 6.57. The summed E-state index contributed by atoms with van der Waals surface area (Å²) in [5.74, 6) is 0. The Morgan fingerprint density at radius 3 is 2.33 bits per heavy atom. The van der Waals surface area contributed by atoms with Gasteiger partial charge in [-0.05, 0) is 0 Å². The van der Waals surface area contributed by atoms with Gasteiger partial charge in [-0.15, -0.1) is 0 Å². The van der Waals surface area contributed by atoms with Gasteiger partial charge in [0, 0.05) is 18.3 Å². The van der Waals surface area contributed by atoms with Crippen LogP contribution in [0.2, 0.25) is 31.2 Å². The summed E-state index contributed by atoms with van der Waals surface area (Å²) < 4.78 is 0. The lowest BCUT2D eigenvalue weighted by Crippen LogP contribution is -2.00. The zero-order valence-corrected chi connectivity index (χ0v) is 9.06. The average molecular weight is 158 g/mol. The molecular formula is C7H18Si2. The van der Waals surface area contributed by atoms with Crippen LogP contribution < -0.4 is 0 Å². The zero-order chi connectivity index (χ0) is 7.11. The summed E-state index contributed by atoms with van der Waals surface area (Å²) in [6, 6.07) is 4.57. The lowest BCUT2D eigenvalue weighted by molar-refractivity contribution is 1.07. The maximum atomic E-state index is 2.44. The van der Waals surface area contributed by atoms with Crippen molar-refractivity contribution in [3.05, 3.63) is 0 Å². The van der Waals surface area contributed by atoms with Crippen LogP contribution in [0.5, 0.6) is 0 Å². The van der Waals surface area contributed by atoms with Crippen LogP contribution in [-0.4, -0.2) is 18.3 Å². The molecule has 0 aliphatic rings. The van der Waals surface area contributed by atoms with Crippen molar-refractivity contribution in [1.29, 1.82) is 0 Å². The predicted molar refractivity (Wildman–Crippen MR) is 49.3 cm³/mol. The van der Waals surface area contributed by atoms with Crippen molar-refractivity contribution >= 4 is 18.3 Å². The van der Waals surface area contributed by atoms with Gasteiger partial charge in [0.15, 0.2) is 0 Å². The van der Waals surface area contributed by atoms with Gasteiger partial charge in [0.05, 0.1) is 0 Å². The molecule has 0 aliphatic heterocycles. The average Bonchev–Trinajstić information content (AvgIpc) is 1.80. The zero-order valence-electron chi connectivity index (χ0n) is 6.91. The van der Waals surface area contributed by atoms with Crippen molar-refractivity contribution in [3.8, 4) is 0 Å². The SMILES string of the molecule is CCC[Si]CC[SiH](C)C. The lowest BCUT2D eigenvalue weighted by Gasteiger charge is -1.99. The Hall–Kier alpha value is 0.434. The van der Waals surface area contributed by atoms with Gasteiger partial charge in [-0.25, -0.2) is 0 Å². The Labute approximate surface area is 63.5 Å². The first-order valence-electron chi connectivity index (χ1n) is 3.98. The molecule has 0 aromatic carbocycles. The fourth-order valence-electron chi connectivity index (χ4n) is 0.693. The molecule has 2 heteroatoms. The van der Waals surface area contributed by atoms with Crippen molar-refractivity contribution in [2.24, 2.45) is 0 Å². The molecule has 0 rings (SSSR count). The van der Waals surface area contributed by atoms with Gasteiger partial charge in [0.2, 0.25) is 0 Å². The van der Waals surface area contributed by atoms with E-state index < -0.39 is 0 Å². The molecule has 2 radical (unpaired) electrons. The first-order chi connectivity index (χ1) is 4.27. The largest absolute Gasteiger partial charge is 0.0722 e. The molecule has 0 atom stereocenters. The molecule has 0 N–H and O–H groups in total. The summed E-state index contributed by atoms with van der Waals surface area (Å²) in [5, 5.41) is 0. The molecule has 0 nitrogen and oxygen atoms in total. The van der Waals surface area contributed by atoms with E-state index in [0.717, 1.165) is 0 Å². The van der Waals surface area contributed by atoms with E-state index in [2.05, 4.69) is 20.0 Å². The quantitative estimate of drug-likeness (QED) is 0.426. The molecule has 54 valence electrons. The summed E-state index contributed by atoms with van der Waals surface area (Å²) in [7, 11) is 1.05. The number of hydrogen-bond acceptors (Lipinski definition) is 0. The second-order valence-electron chi connectivity index (χ2n) is 2.93. The topological polar surface area (TPSA) is 0 Å². The Morgan fingerprint density at radius 1 is 1.22 bits per heavy atom. The fourth-order valence-corrected chi connectivity index (χ4v) is 4.42. The van der Waals surface area contributed by atoms with Crippen LogP contribution in [0.3, 0.4) is 0 Å². The van der Waals surface area contributed by atoms with Gasteiger partial charge in [0.1, 0.15) is 0 Å². The van der Waals surface area contributed by atoms with Crippen molar-refractivity contribution in [1.82, 2.24) is 0 Å². The van der Waals surface area contributed by atoms with Gasteiger partial charge in [-0.3, -0.25) is 0 Å². The molecule has 0 bridgehead atoms. The van der Waals surface area contributed by atoms with Gasteiger partial charge >= 0.3 is 0 Å². The first-order valence-corrected chi connectivity index (χ1v) is 8.52. The first kappa shape index (κ1) is 9.43. The standard InChI is InChI=1S/C7H18Si2/c1-4-5-8-6-7-9(2)3/h9H,4-7H2,1-3H3. The van der Waals surface area contributed by atoms with E-state index in [9.17, 15) is 0 Å². The Bertz CT molecular complexity index is 52.9. The van der Waals surface area contributed by atoms with Crippen molar-refractivity contribution < 1.29 is 0 Å². The summed E-state index contributed by atoms with van der Waals surface area (Å²) in [4.78, 5) is 0.